The van der Waals surface area contributed by atoms with Crippen molar-refractivity contribution in [2.75, 3.05) is 5.32 Å². The summed E-state index contributed by atoms with van der Waals surface area (Å²) in [6, 6.07) is 4.93. The van der Waals surface area contributed by atoms with Crippen molar-refractivity contribution in [3.05, 3.63) is 40.7 Å². The summed E-state index contributed by atoms with van der Waals surface area (Å²) in [5.74, 6) is 0.00695. The Hall–Kier alpha value is -2.30. The fourth-order valence-corrected chi connectivity index (χ4v) is 1.81. The Morgan fingerprint density at radius 3 is 2.61 bits per heavy atom. The van der Waals surface area contributed by atoms with Crippen LogP contribution in [0.4, 0.5) is 5.69 Å². The van der Waals surface area contributed by atoms with E-state index >= 15 is 0 Å². The summed E-state index contributed by atoms with van der Waals surface area (Å²) >= 11 is 0. The highest BCUT2D eigenvalue weighted by atomic mass is 16.3. The fourth-order valence-electron chi connectivity index (χ4n) is 1.81. The van der Waals surface area contributed by atoms with Gasteiger partial charge >= 0.3 is 0 Å². The Morgan fingerprint density at radius 1 is 1.33 bits per heavy atom. The monoisotopic (exact) mass is 245 g/mol. The number of carbonyl (C=O) groups is 1. The lowest BCUT2D eigenvalue weighted by molar-refractivity contribution is 0.102. The summed E-state index contributed by atoms with van der Waals surface area (Å²) in [5.41, 5.74) is 3.32. The minimum atomic E-state index is -0.205. The van der Waals surface area contributed by atoms with Gasteiger partial charge in [0.05, 0.1) is 11.3 Å². The van der Waals surface area contributed by atoms with E-state index in [-0.39, 0.29) is 11.7 Å². The number of H-pyrrole nitrogens is 1. The highest BCUT2D eigenvalue weighted by Gasteiger charge is 2.15. The van der Waals surface area contributed by atoms with Gasteiger partial charge in [0.2, 0.25) is 0 Å². The molecule has 5 nitrogen and oxygen atoms in total. The van der Waals surface area contributed by atoms with Gasteiger partial charge in [0.1, 0.15) is 5.75 Å². The smallest absolute Gasteiger partial charge is 0.259 e. The number of aromatic amines is 1. The van der Waals surface area contributed by atoms with Gasteiger partial charge in [-0.3, -0.25) is 9.89 Å². The molecule has 0 fully saturated rings. The van der Waals surface area contributed by atoms with Gasteiger partial charge in [0.25, 0.3) is 5.91 Å². The molecule has 0 aliphatic rings. The van der Waals surface area contributed by atoms with Crippen molar-refractivity contribution in [3.8, 4) is 5.75 Å². The maximum atomic E-state index is 12.1. The van der Waals surface area contributed by atoms with Crippen molar-refractivity contribution in [1.29, 1.82) is 0 Å². The van der Waals surface area contributed by atoms with Gasteiger partial charge < -0.3 is 10.4 Å². The van der Waals surface area contributed by atoms with Crippen LogP contribution in [-0.2, 0) is 0 Å². The van der Waals surface area contributed by atoms with E-state index in [4.69, 9.17) is 0 Å². The van der Waals surface area contributed by atoms with Crippen molar-refractivity contribution in [2.45, 2.75) is 20.8 Å². The maximum absolute atomic E-state index is 12.1. The minimum Gasteiger partial charge on any atom is -0.508 e. The largest absolute Gasteiger partial charge is 0.508 e. The summed E-state index contributed by atoms with van der Waals surface area (Å²) in [4.78, 5) is 12.1. The number of carbonyl (C=O) groups excluding carboxylic acids is 1. The van der Waals surface area contributed by atoms with Crippen molar-refractivity contribution >= 4 is 11.6 Å². The Labute approximate surface area is 105 Å². The Bertz CT molecular complexity index is 583. The normalized spacial score (nSPS) is 10.4. The second-order valence-corrected chi connectivity index (χ2v) is 4.26. The average molecular weight is 245 g/mol. The average Bonchev–Trinajstić information content (AvgIpc) is 2.64. The van der Waals surface area contributed by atoms with Gasteiger partial charge in [-0.05, 0) is 44.5 Å². The quantitative estimate of drug-likeness (QED) is 0.710. The molecule has 5 heteroatoms. The molecule has 1 aromatic carbocycles. The molecule has 94 valence electrons. The zero-order chi connectivity index (χ0) is 13.3. The number of nitrogens with one attached hydrogen (secondary N) is 2. The van der Waals surface area contributed by atoms with Gasteiger partial charge in [-0.1, -0.05) is 0 Å². The van der Waals surface area contributed by atoms with E-state index in [2.05, 4.69) is 15.5 Å². The molecule has 0 radical (unpaired) electrons. The number of aromatic nitrogens is 2. The molecule has 18 heavy (non-hydrogen) atoms. The summed E-state index contributed by atoms with van der Waals surface area (Å²) in [6.45, 7) is 5.36. The number of amides is 1. The van der Waals surface area contributed by atoms with Crippen molar-refractivity contribution in [2.24, 2.45) is 0 Å². The van der Waals surface area contributed by atoms with Crippen LogP contribution in [0, 0.1) is 20.8 Å². The van der Waals surface area contributed by atoms with E-state index in [1.165, 1.54) is 0 Å². The maximum Gasteiger partial charge on any atom is 0.259 e. The summed E-state index contributed by atoms with van der Waals surface area (Å²) < 4.78 is 0. The molecule has 0 saturated carbocycles. The second-order valence-electron chi connectivity index (χ2n) is 4.26. The summed E-state index contributed by atoms with van der Waals surface area (Å²) in [6.07, 6.45) is 0. The van der Waals surface area contributed by atoms with Crippen molar-refractivity contribution < 1.29 is 9.90 Å². The van der Waals surface area contributed by atoms with Crippen LogP contribution >= 0.6 is 0 Å². The fraction of sp³-hybridized carbons (Fsp3) is 0.231. The van der Waals surface area contributed by atoms with Crippen molar-refractivity contribution in [3.63, 3.8) is 0 Å². The molecule has 0 atom stereocenters. The molecular weight excluding hydrogens is 230 g/mol. The number of nitrogens with zero attached hydrogens (tertiary/aromatic N) is 1. The Balaban J connectivity index is 2.24. The van der Waals surface area contributed by atoms with Crippen LogP contribution in [0.5, 0.6) is 5.75 Å². The number of hydrogen-bond donors (Lipinski definition) is 3. The van der Waals surface area contributed by atoms with Crippen molar-refractivity contribution in [1.82, 2.24) is 10.2 Å². The highest BCUT2D eigenvalue weighted by molar-refractivity contribution is 6.05. The number of aromatic hydroxyl groups is 1. The molecule has 0 spiro atoms. The van der Waals surface area contributed by atoms with E-state index in [1.54, 1.807) is 39.0 Å². The van der Waals surface area contributed by atoms with Crippen LogP contribution in [0.15, 0.2) is 18.2 Å². The molecule has 1 aromatic heterocycles. The van der Waals surface area contributed by atoms with Gasteiger partial charge in [0, 0.05) is 11.4 Å². The van der Waals surface area contributed by atoms with Crippen LogP contribution in [0.2, 0.25) is 0 Å². The Morgan fingerprint density at radius 2 is 2.06 bits per heavy atom. The number of benzene rings is 1. The first-order valence-electron chi connectivity index (χ1n) is 5.61. The topological polar surface area (TPSA) is 78.0 Å². The summed E-state index contributed by atoms with van der Waals surface area (Å²) in [5, 5.41) is 19.0. The lowest BCUT2D eigenvalue weighted by Crippen LogP contribution is -2.13. The predicted molar refractivity (Wildman–Crippen MR) is 68.9 cm³/mol. The third kappa shape index (κ3) is 2.20. The van der Waals surface area contributed by atoms with Crippen LogP contribution in [0.3, 0.4) is 0 Å². The molecule has 0 bridgehead atoms. The summed E-state index contributed by atoms with van der Waals surface area (Å²) in [7, 11) is 0. The van der Waals surface area contributed by atoms with Crippen LogP contribution < -0.4 is 5.32 Å². The molecule has 0 unspecified atom stereocenters. The second kappa shape index (κ2) is 4.52. The molecular formula is C13H15N3O2. The number of hydrogen-bond acceptors (Lipinski definition) is 3. The zero-order valence-electron chi connectivity index (χ0n) is 10.5. The third-order valence-electron chi connectivity index (χ3n) is 2.81. The van der Waals surface area contributed by atoms with Gasteiger partial charge in [-0.2, -0.15) is 5.10 Å². The first kappa shape index (κ1) is 12.2. The standard InChI is InChI=1S/C13H15N3O2/c1-7-6-10(4-5-11(7)17)14-13(18)12-8(2)15-16-9(12)3/h4-6,17H,1-3H3,(H,14,18)(H,15,16). The molecule has 1 amide bonds. The lowest BCUT2D eigenvalue weighted by atomic mass is 10.1. The minimum absolute atomic E-state index is 0.205. The highest BCUT2D eigenvalue weighted by Crippen LogP contribution is 2.21. The lowest BCUT2D eigenvalue weighted by Gasteiger charge is -2.07. The van der Waals surface area contributed by atoms with E-state index in [0.717, 1.165) is 5.69 Å². The van der Waals surface area contributed by atoms with Gasteiger partial charge in [-0.15, -0.1) is 0 Å². The number of phenols is 1. The van der Waals surface area contributed by atoms with Crippen LogP contribution in [-0.4, -0.2) is 21.2 Å². The molecule has 0 saturated heterocycles. The molecule has 2 rings (SSSR count). The molecule has 2 aromatic rings. The van der Waals surface area contributed by atoms with Gasteiger partial charge in [-0.25, -0.2) is 0 Å². The zero-order valence-corrected chi connectivity index (χ0v) is 10.5. The van der Waals surface area contributed by atoms with E-state index in [0.29, 0.717) is 22.5 Å². The molecule has 1 heterocycles. The SMILES string of the molecule is Cc1cc(NC(=O)c2c(C)n[nH]c2C)ccc1O. The molecule has 0 aliphatic carbocycles. The predicted octanol–water partition coefficient (Wildman–Crippen LogP) is 2.29. The number of aryl methyl sites for hydroxylation is 3. The Kier molecular flexibility index (Phi) is 3.06. The number of anilines is 1. The van der Waals surface area contributed by atoms with Gasteiger partial charge in [0.15, 0.2) is 0 Å². The first-order chi connectivity index (χ1) is 8.49. The van der Waals surface area contributed by atoms with E-state index < -0.39 is 0 Å². The number of phenolic OH excluding ortho intramolecular Hbond substituents is 1. The molecule has 3 N–H and O–H groups in total. The van der Waals surface area contributed by atoms with E-state index in [9.17, 15) is 9.90 Å². The van der Waals surface area contributed by atoms with Crippen LogP contribution in [0.1, 0.15) is 27.3 Å². The first-order valence-corrected chi connectivity index (χ1v) is 5.61. The third-order valence-corrected chi connectivity index (χ3v) is 2.81. The number of rotatable bonds is 2. The van der Waals surface area contributed by atoms with Crippen LogP contribution in [0.25, 0.3) is 0 Å². The van der Waals surface area contributed by atoms with E-state index in [1.807, 2.05) is 0 Å². The molecule has 0 aliphatic heterocycles.